The van der Waals surface area contributed by atoms with Gasteiger partial charge in [0.1, 0.15) is 12.5 Å². The SMILES string of the molecule is O=C(O)C1CN(C(=O)COCCc2ccccc2)c2ccccc21. The van der Waals surface area contributed by atoms with Gasteiger partial charge in [-0.3, -0.25) is 9.59 Å². The van der Waals surface area contributed by atoms with Gasteiger partial charge in [-0.2, -0.15) is 0 Å². The maximum Gasteiger partial charge on any atom is 0.312 e. The number of amides is 1. The predicted octanol–water partition coefficient (Wildman–Crippen LogP) is 2.46. The zero-order valence-electron chi connectivity index (χ0n) is 13.2. The number of aliphatic carboxylic acids is 1. The van der Waals surface area contributed by atoms with Gasteiger partial charge in [0.15, 0.2) is 0 Å². The van der Waals surface area contributed by atoms with Gasteiger partial charge < -0.3 is 14.7 Å². The molecule has 0 saturated carbocycles. The Bertz CT molecular complexity index is 729. The Labute approximate surface area is 140 Å². The van der Waals surface area contributed by atoms with E-state index in [1.54, 1.807) is 24.3 Å². The summed E-state index contributed by atoms with van der Waals surface area (Å²) in [6, 6.07) is 17.0. The second-order valence-corrected chi connectivity index (χ2v) is 5.74. The number of anilines is 1. The normalized spacial score (nSPS) is 16.0. The third-order valence-electron chi connectivity index (χ3n) is 4.17. The second kappa shape index (κ2) is 7.27. The number of para-hydroxylation sites is 1. The molecule has 0 radical (unpaired) electrons. The van der Waals surface area contributed by atoms with E-state index in [9.17, 15) is 14.7 Å². The number of hydrogen-bond donors (Lipinski definition) is 1. The van der Waals surface area contributed by atoms with Crippen LogP contribution in [-0.2, 0) is 20.7 Å². The monoisotopic (exact) mass is 325 g/mol. The molecule has 0 saturated heterocycles. The summed E-state index contributed by atoms with van der Waals surface area (Å²) in [7, 11) is 0. The van der Waals surface area contributed by atoms with Crippen LogP contribution in [0.3, 0.4) is 0 Å². The zero-order chi connectivity index (χ0) is 16.9. The van der Waals surface area contributed by atoms with Crippen molar-refractivity contribution in [2.24, 2.45) is 0 Å². The lowest BCUT2D eigenvalue weighted by Crippen LogP contribution is -2.34. The van der Waals surface area contributed by atoms with E-state index in [4.69, 9.17) is 4.74 Å². The fourth-order valence-electron chi connectivity index (χ4n) is 2.93. The number of hydrogen-bond acceptors (Lipinski definition) is 3. The fraction of sp³-hybridized carbons (Fsp3) is 0.263. The average Bonchev–Trinajstić information content (AvgIpc) is 2.99. The Morgan fingerprint density at radius 2 is 1.79 bits per heavy atom. The molecule has 5 nitrogen and oxygen atoms in total. The number of carboxylic acids is 1. The number of carbonyl (C=O) groups excluding carboxylic acids is 1. The summed E-state index contributed by atoms with van der Waals surface area (Å²) < 4.78 is 5.48. The van der Waals surface area contributed by atoms with Crippen LogP contribution in [0.4, 0.5) is 5.69 Å². The van der Waals surface area contributed by atoms with Crippen molar-refractivity contribution in [3.63, 3.8) is 0 Å². The summed E-state index contributed by atoms with van der Waals surface area (Å²) in [6.07, 6.45) is 0.739. The van der Waals surface area contributed by atoms with Gasteiger partial charge in [0.2, 0.25) is 0 Å². The highest BCUT2D eigenvalue weighted by Crippen LogP contribution is 2.36. The maximum atomic E-state index is 12.4. The number of rotatable bonds is 6. The number of ether oxygens (including phenoxy) is 1. The lowest BCUT2D eigenvalue weighted by atomic mass is 10.0. The summed E-state index contributed by atoms with van der Waals surface area (Å²) in [5.41, 5.74) is 2.51. The Hall–Kier alpha value is -2.66. The van der Waals surface area contributed by atoms with Crippen molar-refractivity contribution >= 4 is 17.6 Å². The van der Waals surface area contributed by atoms with Gasteiger partial charge in [0.05, 0.1) is 6.61 Å². The molecule has 1 amide bonds. The molecule has 1 aliphatic rings. The Morgan fingerprint density at radius 3 is 2.54 bits per heavy atom. The van der Waals surface area contributed by atoms with E-state index in [0.717, 1.165) is 12.0 Å². The smallest absolute Gasteiger partial charge is 0.312 e. The first kappa shape index (κ1) is 16.2. The van der Waals surface area contributed by atoms with Gasteiger partial charge in [-0.15, -0.1) is 0 Å². The molecular formula is C19H19NO4. The van der Waals surface area contributed by atoms with Crippen molar-refractivity contribution in [1.82, 2.24) is 0 Å². The maximum absolute atomic E-state index is 12.4. The molecule has 1 heterocycles. The third kappa shape index (κ3) is 3.46. The van der Waals surface area contributed by atoms with Crippen LogP contribution in [0, 0.1) is 0 Å². The van der Waals surface area contributed by atoms with Crippen LogP contribution < -0.4 is 4.90 Å². The Morgan fingerprint density at radius 1 is 1.08 bits per heavy atom. The van der Waals surface area contributed by atoms with Crippen molar-refractivity contribution in [2.45, 2.75) is 12.3 Å². The van der Waals surface area contributed by atoms with Crippen molar-refractivity contribution < 1.29 is 19.4 Å². The quantitative estimate of drug-likeness (QED) is 0.829. The Balaban J connectivity index is 1.57. The molecule has 0 aromatic heterocycles. The van der Waals surface area contributed by atoms with E-state index >= 15 is 0 Å². The van der Waals surface area contributed by atoms with Crippen LogP contribution in [0.25, 0.3) is 0 Å². The second-order valence-electron chi connectivity index (χ2n) is 5.74. The van der Waals surface area contributed by atoms with E-state index < -0.39 is 11.9 Å². The van der Waals surface area contributed by atoms with Gasteiger partial charge in [-0.1, -0.05) is 48.5 Å². The molecule has 124 valence electrons. The summed E-state index contributed by atoms with van der Waals surface area (Å²) >= 11 is 0. The summed E-state index contributed by atoms with van der Waals surface area (Å²) in [5, 5.41) is 9.33. The fourth-order valence-corrected chi connectivity index (χ4v) is 2.93. The molecular weight excluding hydrogens is 306 g/mol. The minimum Gasteiger partial charge on any atom is -0.481 e. The van der Waals surface area contributed by atoms with Crippen LogP contribution >= 0.6 is 0 Å². The van der Waals surface area contributed by atoms with E-state index in [0.29, 0.717) is 17.9 Å². The molecule has 2 aromatic rings. The highest BCUT2D eigenvalue weighted by atomic mass is 16.5. The average molecular weight is 325 g/mol. The zero-order valence-corrected chi connectivity index (χ0v) is 13.2. The first-order valence-electron chi connectivity index (χ1n) is 7.90. The van der Waals surface area contributed by atoms with Crippen molar-refractivity contribution in [3.8, 4) is 0 Å². The molecule has 3 rings (SSSR count). The standard InChI is InChI=1S/C19H19NO4/c21-18(13-24-11-10-14-6-2-1-3-7-14)20-12-16(19(22)23)15-8-4-5-9-17(15)20/h1-9,16H,10-13H2,(H,22,23). The van der Waals surface area contributed by atoms with Gasteiger partial charge >= 0.3 is 5.97 Å². The van der Waals surface area contributed by atoms with E-state index in [-0.39, 0.29) is 19.1 Å². The van der Waals surface area contributed by atoms with Crippen molar-refractivity contribution in [1.29, 1.82) is 0 Å². The highest BCUT2D eigenvalue weighted by molar-refractivity contribution is 5.99. The van der Waals surface area contributed by atoms with Crippen LogP contribution in [0.15, 0.2) is 54.6 Å². The van der Waals surface area contributed by atoms with Gasteiger partial charge in [-0.05, 0) is 23.6 Å². The lowest BCUT2D eigenvalue weighted by molar-refractivity contribution is -0.138. The molecule has 24 heavy (non-hydrogen) atoms. The topological polar surface area (TPSA) is 66.8 Å². The van der Waals surface area contributed by atoms with Gasteiger partial charge in [0, 0.05) is 12.2 Å². The van der Waals surface area contributed by atoms with Crippen LogP contribution in [0.1, 0.15) is 17.0 Å². The van der Waals surface area contributed by atoms with E-state index in [1.807, 2.05) is 30.3 Å². The largest absolute Gasteiger partial charge is 0.481 e. The predicted molar refractivity (Wildman–Crippen MR) is 90.1 cm³/mol. The molecule has 1 N–H and O–H groups in total. The molecule has 0 bridgehead atoms. The van der Waals surface area contributed by atoms with Crippen LogP contribution in [0.5, 0.6) is 0 Å². The summed E-state index contributed by atoms with van der Waals surface area (Å²) in [5.74, 6) is -1.79. The molecule has 0 aliphatic carbocycles. The highest BCUT2D eigenvalue weighted by Gasteiger charge is 2.36. The van der Waals surface area contributed by atoms with Gasteiger partial charge in [-0.25, -0.2) is 0 Å². The molecule has 2 aromatic carbocycles. The van der Waals surface area contributed by atoms with Crippen molar-refractivity contribution in [2.75, 3.05) is 24.7 Å². The molecule has 1 aliphatic heterocycles. The minimum absolute atomic E-state index is 0.0481. The van der Waals surface area contributed by atoms with Gasteiger partial charge in [0.25, 0.3) is 5.91 Å². The molecule has 0 spiro atoms. The molecule has 5 heteroatoms. The van der Waals surface area contributed by atoms with Crippen LogP contribution in [-0.4, -0.2) is 36.7 Å². The molecule has 0 fully saturated rings. The van der Waals surface area contributed by atoms with Crippen molar-refractivity contribution in [3.05, 3.63) is 65.7 Å². The first-order chi connectivity index (χ1) is 11.7. The third-order valence-corrected chi connectivity index (χ3v) is 4.17. The number of benzene rings is 2. The number of fused-ring (bicyclic) bond motifs is 1. The lowest BCUT2D eigenvalue weighted by Gasteiger charge is -2.17. The number of carboxylic acid groups (broad SMARTS) is 1. The number of carbonyl (C=O) groups is 2. The van der Waals surface area contributed by atoms with E-state index in [1.165, 1.54) is 4.90 Å². The molecule has 1 unspecified atom stereocenters. The van der Waals surface area contributed by atoms with E-state index in [2.05, 4.69) is 0 Å². The number of nitrogens with zero attached hydrogens (tertiary/aromatic N) is 1. The Kier molecular flexibility index (Phi) is 4.91. The van der Waals surface area contributed by atoms with Crippen LogP contribution in [0.2, 0.25) is 0 Å². The summed E-state index contributed by atoms with van der Waals surface area (Å²) in [6.45, 7) is 0.566. The summed E-state index contributed by atoms with van der Waals surface area (Å²) in [4.78, 5) is 25.3. The minimum atomic E-state index is -0.914. The molecule has 1 atom stereocenters. The first-order valence-corrected chi connectivity index (χ1v) is 7.90.